The predicted octanol–water partition coefficient (Wildman–Crippen LogP) is 1.63. The molecule has 12 heavy (non-hydrogen) atoms. The molecule has 0 aromatic carbocycles. The van der Waals surface area contributed by atoms with Crippen molar-refractivity contribution in [2.45, 2.75) is 13.8 Å². The van der Waals surface area contributed by atoms with E-state index in [0.29, 0.717) is 10.7 Å². The molecule has 0 unspecified atom stereocenters. The number of primary amides is 1. The lowest BCUT2D eigenvalue weighted by Gasteiger charge is -2.07. The van der Waals surface area contributed by atoms with Gasteiger partial charge in [-0.25, -0.2) is 0 Å². The van der Waals surface area contributed by atoms with Crippen molar-refractivity contribution in [3.8, 4) is 0 Å². The first-order chi connectivity index (χ1) is 5.49. The Morgan fingerprint density at radius 2 is 2.00 bits per heavy atom. The fourth-order valence-corrected chi connectivity index (χ4v) is 0.737. The monoisotopic (exact) mass is 208 g/mol. The van der Waals surface area contributed by atoms with Crippen molar-refractivity contribution in [3.63, 3.8) is 0 Å². The molecule has 0 spiro atoms. The van der Waals surface area contributed by atoms with Gasteiger partial charge in [0.1, 0.15) is 5.70 Å². The van der Waals surface area contributed by atoms with Gasteiger partial charge >= 0.3 is 0 Å². The third kappa shape index (κ3) is 3.64. The zero-order chi connectivity index (χ0) is 9.72. The van der Waals surface area contributed by atoms with Crippen molar-refractivity contribution in [1.29, 1.82) is 0 Å². The second-order valence-corrected chi connectivity index (χ2v) is 2.98. The lowest BCUT2D eigenvalue weighted by molar-refractivity contribution is -0.114. The molecule has 0 bridgehead atoms. The van der Waals surface area contributed by atoms with Crippen LogP contribution >= 0.6 is 23.2 Å². The molecule has 0 aromatic heterocycles. The third-order valence-electron chi connectivity index (χ3n) is 1.08. The zero-order valence-electron chi connectivity index (χ0n) is 6.82. The summed E-state index contributed by atoms with van der Waals surface area (Å²) in [4.78, 5) is 10.7. The normalized spacial score (nSPS) is 13.8. The van der Waals surface area contributed by atoms with Crippen LogP contribution in [0, 0.1) is 0 Å². The van der Waals surface area contributed by atoms with E-state index in [4.69, 9.17) is 28.9 Å². The molecule has 0 radical (unpaired) electrons. The smallest absolute Gasteiger partial charge is 0.266 e. The average Bonchev–Trinajstić information content (AvgIpc) is 1.98. The second-order valence-electron chi connectivity index (χ2n) is 2.19. The summed E-state index contributed by atoms with van der Waals surface area (Å²) in [5, 5.41) is 2.97. The number of nitrogens with two attached hydrogens (primary N) is 1. The number of hydrogen-bond acceptors (Lipinski definition) is 2. The van der Waals surface area contributed by atoms with E-state index in [9.17, 15) is 4.79 Å². The molecule has 68 valence electrons. The summed E-state index contributed by atoms with van der Waals surface area (Å²) in [5.74, 6) is -0.611. The summed E-state index contributed by atoms with van der Waals surface area (Å²) in [5.41, 5.74) is 7.08. The quantitative estimate of drug-likeness (QED) is 0.694. The van der Waals surface area contributed by atoms with Crippen LogP contribution in [0.25, 0.3) is 0 Å². The molecule has 0 saturated carbocycles. The predicted molar refractivity (Wildman–Crippen MR) is 50.5 cm³/mol. The molecule has 0 aliphatic rings. The van der Waals surface area contributed by atoms with Crippen LogP contribution in [-0.2, 0) is 4.79 Å². The number of allylic oxidation sites excluding steroid dienone is 2. The molecule has 0 aliphatic heterocycles. The maximum Gasteiger partial charge on any atom is 0.266 e. The van der Waals surface area contributed by atoms with Crippen molar-refractivity contribution in [2.24, 2.45) is 5.73 Å². The van der Waals surface area contributed by atoms with Crippen LogP contribution < -0.4 is 11.1 Å². The summed E-state index contributed by atoms with van der Waals surface area (Å²) in [6, 6.07) is 0. The maximum absolute atomic E-state index is 10.7. The molecule has 5 heteroatoms. The first-order valence-corrected chi connectivity index (χ1v) is 4.00. The van der Waals surface area contributed by atoms with Crippen LogP contribution in [0.15, 0.2) is 22.0 Å². The average molecular weight is 209 g/mol. The van der Waals surface area contributed by atoms with Crippen LogP contribution in [0.4, 0.5) is 0 Å². The molecule has 3 N–H and O–H groups in total. The Hall–Kier alpha value is -0.670. The minimum Gasteiger partial charge on any atom is -0.364 e. The van der Waals surface area contributed by atoms with Crippen molar-refractivity contribution >= 4 is 29.1 Å². The maximum atomic E-state index is 10.7. The van der Waals surface area contributed by atoms with Gasteiger partial charge in [-0.05, 0) is 13.8 Å². The number of carbonyl (C=O) groups excluding carboxylic acids is 1. The van der Waals surface area contributed by atoms with Gasteiger partial charge in [-0.1, -0.05) is 23.2 Å². The minimum atomic E-state index is -0.611. The van der Waals surface area contributed by atoms with Gasteiger partial charge in [-0.2, -0.15) is 0 Å². The van der Waals surface area contributed by atoms with E-state index in [1.807, 2.05) is 0 Å². The third-order valence-corrected chi connectivity index (χ3v) is 1.59. The van der Waals surface area contributed by atoms with E-state index in [-0.39, 0.29) is 5.70 Å². The standard InChI is InChI=1S/C7H10Cl2N2O/c1-4(3-8)11-6(5(2)9)7(10)12/h3,11H,1-2H3,(H2,10,12)/b4-3+,6-5+. The highest BCUT2D eigenvalue weighted by atomic mass is 35.5. The Kier molecular flexibility index (Phi) is 4.78. The Morgan fingerprint density at radius 3 is 2.25 bits per heavy atom. The fourth-order valence-electron chi connectivity index (χ4n) is 0.542. The SMILES string of the molecule is C/C(=C\Cl)N/C(C(N)=O)=C(\C)Cl. The van der Waals surface area contributed by atoms with Crippen LogP contribution in [0.3, 0.4) is 0 Å². The fraction of sp³-hybridized carbons (Fsp3) is 0.286. The van der Waals surface area contributed by atoms with Crippen LogP contribution in [0.2, 0.25) is 0 Å². The number of nitrogens with one attached hydrogen (secondary N) is 1. The number of halogens is 2. The van der Waals surface area contributed by atoms with Gasteiger partial charge in [0.15, 0.2) is 0 Å². The number of hydrogen-bond donors (Lipinski definition) is 2. The molecular formula is C7H10Cl2N2O. The zero-order valence-corrected chi connectivity index (χ0v) is 8.33. The Labute approximate surface area is 81.2 Å². The molecule has 3 nitrogen and oxygen atoms in total. The summed E-state index contributed by atoms with van der Waals surface area (Å²) in [7, 11) is 0. The minimum absolute atomic E-state index is 0.158. The van der Waals surface area contributed by atoms with E-state index >= 15 is 0 Å². The van der Waals surface area contributed by atoms with Gasteiger partial charge in [0, 0.05) is 16.3 Å². The van der Waals surface area contributed by atoms with Crippen molar-refractivity contribution in [3.05, 3.63) is 22.0 Å². The Balaban J connectivity index is 4.60. The van der Waals surface area contributed by atoms with Gasteiger partial charge < -0.3 is 11.1 Å². The van der Waals surface area contributed by atoms with Crippen molar-refractivity contribution in [1.82, 2.24) is 5.32 Å². The van der Waals surface area contributed by atoms with Crippen LogP contribution in [-0.4, -0.2) is 5.91 Å². The molecule has 1 amide bonds. The van der Waals surface area contributed by atoms with Crippen LogP contribution in [0.1, 0.15) is 13.8 Å². The highest BCUT2D eigenvalue weighted by molar-refractivity contribution is 6.31. The van der Waals surface area contributed by atoms with Gasteiger partial charge in [0.2, 0.25) is 0 Å². The van der Waals surface area contributed by atoms with E-state index in [1.165, 1.54) is 5.54 Å². The lowest BCUT2D eigenvalue weighted by atomic mass is 10.3. The van der Waals surface area contributed by atoms with Gasteiger partial charge in [-0.15, -0.1) is 0 Å². The van der Waals surface area contributed by atoms with Crippen molar-refractivity contribution in [2.75, 3.05) is 0 Å². The number of carbonyl (C=O) groups is 1. The highest BCUT2D eigenvalue weighted by Gasteiger charge is 2.07. The first kappa shape index (κ1) is 11.3. The van der Waals surface area contributed by atoms with Gasteiger partial charge in [-0.3, -0.25) is 4.79 Å². The van der Waals surface area contributed by atoms with E-state index in [2.05, 4.69) is 5.32 Å². The summed E-state index contributed by atoms with van der Waals surface area (Å²) < 4.78 is 0. The number of amides is 1. The highest BCUT2D eigenvalue weighted by Crippen LogP contribution is 2.07. The Bertz CT molecular complexity index is 242. The van der Waals surface area contributed by atoms with Gasteiger partial charge in [0.05, 0.1) is 0 Å². The molecule has 0 saturated heterocycles. The van der Waals surface area contributed by atoms with Crippen molar-refractivity contribution < 1.29 is 4.79 Å². The van der Waals surface area contributed by atoms with E-state index in [1.54, 1.807) is 13.8 Å². The molecule has 0 rings (SSSR count). The summed E-state index contributed by atoms with van der Waals surface area (Å²) >= 11 is 10.9. The molecule has 0 aliphatic carbocycles. The largest absolute Gasteiger partial charge is 0.364 e. The topological polar surface area (TPSA) is 55.1 Å². The van der Waals surface area contributed by atoms with Crippen LogP contribution in [0.5, 0.6) is 0 Å². The molecule has 0 atom stereocenters. The first-order valence-electron chi connectivity index (χ1n) is 3.19. The lowest BCUT2D eigenvalue weighted by Crippen LogP contribution is -2.25. The molecule has 0 aromatic rings. The van der Waals surface area contributed by atoms with Gasteiger partial charge in [0.25, 0.3) is 5.91 Å². The second kappa shape index (κ2) is 5.06. The van der Waals surface area contributed by atoms with E-state index < -0.39 is 5.91 Å². The van der Waals surface area contributed by atoms with E-state index in [0.717, 1.165) is 0 Å². The summed E-state index contributed by atoms with van der Waals surface area (Å²) in [6.45, 7) is 3.26. The summed E-state index contributed by atoms with van der Waals surface area (Å²) in [6.07, 6.45) is 0. The molecule has 0 heterocycles. The Morgan fingerprint density at radius 1 is 1.50 bits per heavy atom. The molecule has 0 fully saturated rings. The number of rotatable bonds is 3. The molecular weight excluding hydrogens is 199 g/mol.